The van der Waals surface area contributed by atoms with Crippen LogP contribution in [0.5, 0.6) is 11.8 Å². The van der Waals surface area contributed by atoms with E-state index in [0.717, 1.165) is 28.2 Å². The van der Waals surface area contributed by atoms with Crippen molar-refractivity contribution < 1.29 is 23.8 Å². The molecule has 0 bridgehead atoms. The summed E-state index contributed by atoms with van der Waals surface area (Å²) in [6, 6.07) is 7.17. The van der Waals surface area contributed by atoms with Crippen LogP contribution in [0.25, 0.3) is 11.3 Å². The number of amides is 2. The van der Waals surface area contributed by atoms with Gasteiger partial charge in [-0.1, -0.05) is 13.8 Å². The summed E-state index contributed by atoms with van der Waals surface area (Å²) in [7, 11) is 1.26. The van der Waals surface area contributed by atoms with Crippen LogP contribution < -0.4 is 15.2 Å². The Morgan fingerprint density at radius 3 is 2.38 bits per heavy atom. The smallest absolute Gasteiger partial charge is 0.426 e. The normalized spacial score (nSPS) is 13.2. The number of hydrogen-bond donors (Lipinski definition) is 1. The molecule has 1 atom stereocenters. The number of benzene rings is 1. The molecule has 2 rings (SSSR count). The second-order valence-corrected chi connectivity index (χ2v) is 10.2. The lowest BCUT2D eigenvalue weighted by atomic mass is 9.93. The molecule has 0 aliphatic heterocycles. The molecule has 0 saturated carbocycles. The van der Waals surface area contributed by atoms with E-state index in [9.17, 15) is 9.59 Å². The van der Waals surface area contributed by atoms with Gasteiger partial charge in [0.05, 0.1) is 5.69 Å². The summed E-state index contributed by atoms with van der Waals surface area (Å²) in [6.07, 6.45) is 0.555. The van der Waals surface area contributed by atoms with Crippen LogP contribution in [0.3, 0.4) is 0 Å². The molecule has 1 aromatic carbocycles. The highest BCUT2D eigenvalue weighted by Crippen LogP contribution is 2.27. The SMILES string of the molecule is Cc1cc(-c2ccnc(OC(=O)N(C)C(=O)OC(C)(C)C)n2)ccc1OC[C@@](C)(N)CC(C)C. The molecule has 1 aromatic heterocycles. The molecular weight excluding hydrogens is 436 g/mol. The van der Waals surface area contributed by atoms with Gasteiger partial charge in [-0.25, -0.2) is 19.5 Å². The topological polar surface area (TPSA) is 117 Å². The number of nitrogens with two attached hydrogens (primary N) is 1. The molecule has 0 aliphatic carbocycles. The number of carbonyl (C=O) groups is 2. The summed E-state index contributed by atoms with van der Waals surface area (Å²) in [5, 5.41) is 0. The van der Waals surface area contributed by atoms with E-state index in [1.165, 1.54) is 13.2 Å². The van der Waals surface area contributed by atoms with E-state index in [4.69, 9.17) is 19.9 Å². The van der Waals surface area contributed by atoms with Gasteiger partial charge in [-0.3, -0.25) is 0 Å². The molecule has 2 aromatic rings. The van der Waals surface area contributed by atoms with Crippen LogP contribution in [0.4, 0.5) is 9.59 Å². The second kappa shape index (κ2) is 10.8. The molecule has 9 nitrogen and oxygen atoms in total. The Bertz CT molecular complexity index is 1010. The largest absolute Gasteiger partial charge is 0.491 e. The van der Waals surface area contributed by atoms with Crippen LogP contribution in [0.15, 0.2) is 30.5 Å². The van der Waals surface area contributed by atoms with Gasteiger partial charge in [-0.2, -0.15) is 4.98 Å². The minimum absolute atomic E-state index is 0.177. The third-order valence-corrected chi connectivity index (χ3v) is 4.66. The molecule has 0 spiro atoms. The number of rotatable bonds is 7. The summed E-state index contributed by atoms with van der Waals surface area (Å²) in [5.41, 5.74) is 7.45. The molecule has 0 saturated heterocycles. The van der Waals surface area contributed by atoms with Crippen LogP contribution in [0, 0.1) is 12.8 Å². The molecular formula is C25H36N4O5. The highest BCUT2D eigenvalue weighted by atomic mass is 16.6. The molecule has 0 radical (unpaired) electrons. The van der Waals surface area contributed by atoms with Gasteiger partial charge in [0.2, 0.25) is 0 Å². The number of imide groups is 1. The van der Waals surface area contributed by atoms with E-state index >= 15 is 0 Å². The van der Waals surface area contributed by atoms with Crippen molar-refractivity contribution in [3.8, 4) is 23.0 Å². The zero-order valence-corrected chi connectivity index (χ0v) is 21.3. The Morgan fingerprint density at radius 1 is 1.12 bits per heavy atom. The fourth-order valence-corrected chi connectivity index (χ4v) is 3.31. The number of nitrogens with zero attached hydrogens (tertiary/aromatic N) is 3. The van der Waals surface area contributed by atoms with Gasteiger partial charge in [0.1, 0.15) is 18.0 Å². The minimum Gasteiger partial charge on any atom is -0.491 e. The van der Waals surface area contributed by atoms with Crippen molar-refractivity contribution in [1.82, 2.24) is 14.9 Å². The first-order valence-corrected chi connectivity index (χ1v) is 11.2. The average Bonchev–Trinajstić information content (AvgIpc) is 2.70. The molecule has 0 fully saturated rings. The Labute approximate surface area is 201 Å². The third-order valence-electron chi connectivity index (χ3n) is 4.66. The lowest BCUT2D eigenvalue weighted by molar-refractivity contribution is 0.0319. The van der Waals surface area contributed by atoms with Crippen molar-refractivity contribution in [1.29, 1.82) is 0 Å². The summed E-state index contributed by atoms with van der Waals surface area (Å²) in [4.78, 5) is 33.3. The summed E-state index contributed by atoms with van der Waals surface area (Å²) in [6.45, 7) is 13.7. The van der Waals surface area contributed by atoms with Gasteiger partial charge in [0.15, 0.2) is 0 Å². The lowest BCUT2D eigenvalue weighted by Crippen LogP contribution is -2.43. The minimum atomic E-state index is -0.947. The average molecular weight is 473 g/mol. The molecule has 2 amide bonds. The Balaban J connectivity index is 2.09. The molecule has 2 N–H and O–H groups in total. The Hall–Kier alpha value is -3.20. The van der Waals surface area contributed by atoms with Gasteiger partial charge >= 0.3 is 18.2 Å². The van der Waals surface area contributed by atoms with Crippen molar-refractivity contribution in [2.75, 3.05) is 13.7 Å². The van der Waals surface area contributed by atoms with Crippen molar-refractivity contribution in [2.45, 2.75) is 66.0 Å². The number of carbonyl (C=O) groups excluding carboxylic acids is 2. The van der Waals surface area contributed by atoms with Crippen molar-refractivity contribution in [2.24, 2.45) is 11.7 Å². The van der Waals surface area contributed by atoms with E-state index in [-0.39, 0.29) is 6.01 Å². The molecule has 1 heterocycles. The monoisotopic (exact) mass is 472 g/mol. The lowest BCUT2D eigenvalue weighted by Gasteiger charge is -2.27. The zero-order chi connectivity index (χ0) is 25.7. The fraction of sp³-hybridized carbons (Fsp3) is 0.520. The van der Waals surface area contributed by atoms with Gasteiger partial charge < -0.3 is 19.9 Å². The Morgan fingerprint density at radius 2 is 1.79 bits per heavy atom. The third kappa shape index (κ3) is 8.30. The highest BCUT2D eigenvalue weighted by Gasteiger charge is 2.26. The second-order valence-electron chi connectivity index (χ2n) is 10.2. The standard InChI is InChI=1S/C25H36N4O5/c1-16(2)14-25(7,26)15-32-20-10-9-18(13-17(20)3)19-11-12-27-21(28-19)33-22(30)29(8)23(31)34-24(4,5)6/h9-13,16H,14-15,26H2,1-8H3/t25-/m0/s1. The molecule has 34 heavy (non-hydrogen) atoms. The van der Waals surface area contributed by atoms with Gasteiger partial charge in [0.25, 0.3) is 0 Å². The fourth-order valence-electron chi connectivity index (χ4n) is 3.31. The predicted molar refractivity (Wildman–Crippen MR) is 130 cm³/mol. The van der Waals surface area contributed by atoms with Crippen LogP contribution >= 0.6 is 0 Å². The van der Waals surface area contributed by atoms with Crippen LogP contribution in [0.2, 0.25) is 0 Å². The van der Waals surface area contributed by atoms with Gasteiger partial charge in [-0.15, -0.1) is 0 Å². The summed E-state index contributed by atoms with van der Waals surface area (Å²) >= 11 is 0. The van der Waals surface area contributed by atoms with Crippen molar-refractivity contribution in [3.05, 3.63) is 36.0 Å². The first kappa shape index (κ1) is 27.0. The Kier molecular flexibility index (Phi) is 8.61. The van der Waals surface area contributed by atoms with E-state index < -0.39 is 23.3 Å². The first-order chi connectivity index (χ1) is 15.7. The van der Waals surface area contributed by atoms with E-state index in [1.54, 1.807) is 26.8 Å². The maximum atomic E-state index is 12.3. The maximum Gasteiger partial charge on any atom is 0.426 e. The van der Waals surface area contributed by atoms with Crippen LogP contribution in [-0.2, 0) is 4.74 Å². The van der Waals surface area contributed by atoms with E-state index in [1.807, 2.05) is 32.0 Å². The molecule has 9 heteroatoms. The van der Waals surface area contributed by atoms with Crippen LogP contribution in [-0.4, -0.2) is 51.8 Å². The number of aryl methyl sites for hydroxylation is 1. The number of ether oxygens (including phenoxy) is 3. The summed E-state index contributed by atoms with van der Waals surface area (Å²) < 4.78 is 16.3. The maximum absolute atomic E-state index is 12.3. The van der Waals surface area contributed by atoms with Gasteiger partial charge in [-0.05, 0) is 76.8 Å². The molecule has 0 aliphatic rings. The van der Waals surface area contributed by atoms with Crippen LogP contribution in [0.1, 0.15) is 53.5 Å². The predicted octanol–water partition coefficient (Wildman–Crippen LogP) is 4.96. The number of aromatic nitrogens is 2. The van der Waals surface area contributed by atoms with Gasteiger partial charge in [0, 0.05) is 24.3 Å². The zero-order valence-electron chi connectivity index (χ0n) is 21.3. The summed E-state index contributed by atoms with van der Waals surface area (Å²) in [5.74, 6) is 1.22. The molecule has 186 valence electrons. The quantitative estimate of drug-likeness (QED) is 0.601. The van der Waals surface area contributed by atoms with Crippen molar-refractivity contribution >= 4 is 12.2 Å². The number of hydrogen-bond acceptors (Lipinski definition) is 8. The van der Waals surface area contributed by atoms with Crippen molar-refractivity contribution in [3.63, 3.8) is 0 Å². The molecule has 0 unspecified atom stereocenters. The first-order valence-electron chi connectivity index (χ1n) is 11.2. The highest BCUT2D eigenvalue weighted by molar-refractivity contribution is 5.88. The van der Waals surface area contributed by atoms with E-state index in [0.29, 0.717) is 18.2 Å². The van der Waals surface area contributed by atoms with E-state index in [2.05, 4.69) is 23.8 Å².